The minimum Gasteiger partial charge on any atom is -0.508 e. The van der Waals surface area contributed by atoms with Crippen molar-refractivity contribution in [2.45, 2.75) is 0 Å². The molecule has 0 unspecified atom stereocenters. The third-order valence-corrected chi connectivity index (χ3v) is 0.977. The molecule has 3 heteroatoms. The molecule has 0 fully saturated rings. The molecule has 0 spiro atoms. The minimum atomic E-state index is 0.0627. The first-order valence-electron chi connectivity index (χ1n) is 2.66. The number of aromatic hydroxyl groups is 1. The van der Waals surface area contributed by atoms with E-state index in [0.29, 0.717) is 0 Å². The van der Waals surface area contributed by atoms with E-state index >= 15 is 0 Å². The maximum Gasteiger partial charge on any atom is 0.423 e. The number of carbonyl (C=O) groups excluding carboxylic acids is 1. The summed E-state index contributed by atoms with van der Waals surface area (Å²) in [7, 11) is 0. The van der Waals surface area contributed by atoms with Crippen molar-refractivity contribution in [2.75, 3.05) is 0 Å². The number of benzene rings is 1. The Balaban J connectivity index is 2.84. The Kier molecular flexibility index (Phi) is 1.89. The molecule has 0 amide bonds. The predicted octanol–water partition coefficient (Wildman–Crippen LogP) is 0.838. The zero-order valence-electron chi connectivity index (χ0n) is 5.07. The topological polar surface area (TPSA) is 46.5 Å². The molecule has 0 atom stereocenters. The van der Waals surface area contributed by atoms with Gasteiger partial charge in [-0.25, -0.2) is 4.79 Å². The molecule has 0 bridgehead atoms. The van der Waals surface area contributed by atoms with Crippen molar-refractivity contribution in [1.29, 1.82) is 0 Å². The molecule has 3 nitrogen and oxygen atoms in total. The highest BCUT2D eigenvalue weighted by molar-refractivity contribution is 5.47. The van der Waals surface area contributed by atoms with Gasteiger partial charge in [-0.3, -0.25) is 0 Å². The molecule has 0 aromatic heterocycles. The minimum absolute atomic E-state index is 0.0627. The largest absolute Gasteiger partial charge is 0.508 e. The molecular weight excluding hydrogens is 132 g/mol. The highest BCUT2D eigenvalue weighted by atomic mass is 16.5. The summed E-state index contributed by atoms with van der Waals surface area (Å²) in [5.74, 6) is 0.350. The van der Waals surface area contributed by atoms with Crippen LogP contribution in [0.15, 0.2) is 24.3 Å². The highest BCUT2D eigenvalue weighted by Gasteiger charge is 1.92. The third kappa shape index (κ3) is 1.48. The summed E-state index contributed by atoms with van der Waals surface area (Å²) in [5, 5.41) is 8.83. The maximum absolute atomic E-state index is 9.66. The molecule has 1 radical (unpaired) electrons. The normalized spacial score (nSPS) is 8.80. The van der Waals surface area contributed by atoms with Crippen LogP contribution in [0.1, 0.15) is 0 Å². The summed E-state index contributed by atoms with van der Waals surface area (Å²) in [4.78, 5) is 9.66. The van der Waals surface area contributed by atoms with Crippen molar-refractivity contribution in [3.05, 3.63) is 24.3 Å². The van der Waals surface area contributed by atoms with Crippen LogP contribution in [0.25, 0.3) is 0 Å². The monoisotopic (exact) mass is 137 g/mol. The van der Waals surface area contributed by atoms with Crippen LogP contribution < -0.4 is 4.74 Å². The van der Waals surface area contributed by atoms with Gasteiger partial charge in [-0.1, -0.05) is 6.07 Å². The fourth-order valence-corrected chi connectivity index (χ4v) is 0.595. The average molecular weight is 137 g/mol. The van der Waals surface area contributed by atoms with Crippen LogP contribution in [0.3, 0.4) is 0 Å². The second-order valence-electron chi connectivity index (χ2n) is 1.68. The van der Waals surface area contributed by atoms with E-state index in [2.05, 4.69) is 4.74 Å². The molecule has 51 valence electrons. The third-order valence-electron chi connectivity index (χ3n) is 0.977. The van der Waals surface area contributed by atoms with Crippen LogP contribution in [0.4, 0.5) is 0 Å². The molecule has 0 aliphatic rings. The van der Waals surface area contributed by atoms with Gasteiger partial charge in [-0.2, -0.15) is 0 Å². The van der Waals surface area contributed by atoms with Crippen molar-refractivity contribution < 1.29 is 14.6 Å². The molecule has 0 saturated heterocycles. The standard InChI is InChI=1S/C7H5O3/c8-5-10-7-3-1-2-6(9)4-7/h1-4,9H. The van der Waals surface area contributed by atoms with Crippen molar-refractivity contribution in [1.82, 2.24) is 0 Å². The van der Waals surface area contributed by atoms with E-state index in [1.165, 1.54) is 18.6 Å². The fourth-order valence-electron chi connectivity index (χ4n) is 0.595. The van der Waals surface area contributed by atoms with Crippen LogP contribution in [-0.4, -0.2) is 11.6 Å². The van der Waals surface area contributed by atoms with Gasteiger partial charge in [0, 0.05) is 6.07 Å². The van der Waals surface area contributed by atoms with Crippen LogP contribution in [0.5, 0.6) is 11.5 Å². The van der Waals surface area contributed by atoms with E-state index in [1.807, 2.05) is 0 Å². The second-order valence-corrected chi connectivity index (χ2v) is 1.68. The van der Waals surface area contributed by atoms with E-state index in [9.17, 15) is 4.79 Å². The molecule has 10 heavy (non-hydrogen) atoms. The highest BCUT2D eigenvalue weighted by Crippen LogP contribution is 2.16. The summed E-state index contributed by atoms with van der Waals surface area (Å²) in [6.07, 6.45) is 0. The molecule has 1 aromatic rings. The summed E-state index contributed by atoms with van der Waals surface area (Å²) >= 11 is 0. The lowest BCUT2D eigenvalue weighted by Crippen LogP contribution is -1.86. The van der Waals surface area contributed by atoms with E-state index < -0.39 is 0 Å². The first-order chi connectivity index (χ1) is 4.83. The van der Waals surface area contributed by atoms with E-state index in [4.69, 9.17) is 5.11 Å². The summed E-state index contributed by atoms with van der Waals surface area (Å²) in [6.45, 7) is 1.25. The number of ether oxygens (including phenoxy) is 1. The number of phenols is 1. The molecule has 0 aliphatic heterocycles. The van der Waals surface area contributed by atoms with Crippen LogP contribution in [0, 0.1) is 0 Å². The van der Waals surface area contributed by atoms with Gasteiger partial charge >= 0.3 is 6.47 Å². The first-order valence-corrected chi connectivity index (χ1v) is 2.66. The lowest BCUT2D eigenvalue weighted by molar-refractivity contribution is 0.436. The molecule has 1 N–H and O–H groups in total. The molecular formula is C7H5O3. The SMILES string of the molecule is O=[C]Oc1cccc(O)c1. The Bertz CT molecular complexity index is 232. The van der Waals surface area contributed by atoms with Gasteiger partial charge in [0.2, 0.25) is 0 Å². The molecule has 1 rings (SSSR count). The van der Waals surface area contributed by atoms with E-state index in [1.54, 1.807) is 12.1 Å². The summed E-state index contributed by atoms with van der Waals surface area (Å²) in [5.41, 5.74) is 0. The Morgan fingerprint density at radius 1 is 1.50 bits per heavy atom. The Labute approximate surface area is 57.9 Å². The van der Waals surface area contributed by atoms with Gasteiger partial charge in [0.1, 0.15) is 11.5 Å². The fraction of sp³-hybridized carbons (Fsp3) is 0. The van der Waals surface area contributed by atoms with E-state index in [-0.39, 0.29) is 11.5 Å². The van der Waals surface area contributed by atoms with Gasteiger partial charge < -0.3 is 9.84 Å². The maximum atomic E-state index is 9.66. The molecule has 0 saturated carbocycles. The van der Waals surface area contributed by atoms with Gasteiger partial charge in [0.05, 0.1) is 0 Å². The van der Waals surface area contributed by atoms with Gasteiger partial charge in [-0.15, -0.1) is 0 Å². The zero-order chi connectivity index (χ0) is 7.40. The van der Waals surface area contributed by atoms with Crippen molar-refractivity contribution >= 4 is 6.47 Å². The number of hydrogen-bond acceptors (Lipinski definition) is 3. The predicted molar refractivity (Wildman–Crippen MR) is 34.4 cm³/mol. The van der Waals surface area contributed by atoms with Gasteiger partial charge in [0.15, 0.2) is 0 Å². The average Bonchev–Trinajstić information content (AvgIpc) is 1.88. The van der Waals surface area contributed by atoms with Crippen LogP contribution in [-0.2, 0) is 4.79 Å². The Morgan fingerprint density at radius 2 is 2.30 bits per heavy atom. The molecule has 1 aromatic carbocycles. The lowest BCUT2D eigenvalue weighted by Gasteiger charge is -1.94. The Morgan fingerprint density at radius 3 is 2.90 bits per heavy atom. The zero-order valence-corrected chi connectivity index (χ0v) is 5.07. The molecule has 0 aliphatic carbocycles. The number of rotatable bonds is 2. The second kappa shape index (κ2) is 2.87. The quantitative estimate of drug-likeness (QED) is 0.656. The smallest absolute Gasteiger partial charge is 0.423 e. The molecule has 0 heterocycles. The first kappa shape index (κ1) is 6.61. The van der Waals surface area contributed by atoms with Crippen molar-refractivity contribution in [3.63, 3.8) is 0 Å². The lowest BCUT2D eigenvalue weighted by atomic mass is 10.3. The van der Waals surface area contributed by atoms with Crippen LogP contribution >= 0.6 is 0 Å². The summed E-state index contributed by atoms with van der Waals surface area (Å²) in [6, 6.07) is 5.93. The van der Waals surface area contributed by atoms with Gasteiger partial charge in [0.25, 0.3) is 0 Å². The van der Waals surface area contributed by atoms with Crippen molar-refractivity contribution in [3.8, 4) is 11.5 Å². The van der Waals surface area contributed by atoms with Crippen molar-refractivity contribution in [2.24, 2.45) is 0 Å². The Hall–Kier alpha value is -1.51. The summed E-state index contributed by atoms with van der Waals surface area (Å²) < 4.78 is 4.32. The van der Waals surface area contributed by atoms with E-state index in [0.717, 1.165) is 0 Å². The number of hydrogen-bond donors (Lipinski definition) is 1. The van der Waals surface area contributed by atoms with Gasteiger partial charge in [-0.05, 0) is 12.1 Å². The number of phenolic OH excluding ortho intramolecular Hbond substituents is 1. The van der Waals surface area contributed by atoms with Crippen LogP contribution in [0.2, 0.25) is 0 Å².